The second-order valence-corrected chi connectivity index (χ2v) is 8.47. The van der Waals surface area contributed by atoms with Crippen molar-refractivity contribution in [1.29, 1.82) is 0 Å². The van der Waals surface area contributed by atoms with Crippen LogP contribution in [-0.4, -0.2) is 107 Å². The largest absolute Gasteiger partial charge is 0.442 e. The van der Waals surface area contributed by atoms with E-state index in [9.17, 15) is 14.0 Å². The van der Waals surface area contributed by atoms with Crippen LogP contribution in [0.2, 0.25) is 0 Å². The summed E-state index contributed by atoms with van der Waals surface area (Å²) >= 11 is 0. The Morgan fingerprint density at radius 2 is 1.78 bits per heavy atom. The lowest BCUT2D eigenvalue weighted by atomic mass is 10.2. The van der Waals surface area contributed by atoms with Gasteiger partial charge in [0.2, 0.25) is 5.91 Å². The molecule has 3 fully saturated rings. The number of hydrogen-bond acceptors (Lipinski definition) is 7. The van der Waals surface area contributed by atoms with Crippen LogP contribution in [0.5, 0.6) is 0 Å². The van der Waals surface area contributed by atoms with Gasteiger partial charge < -0.3 is 19.7 Å². The molecule has 0 saturated carbocycles. The van der Waals surface area contributed by atoms with E-state index in [1.807, 2.05) is 0 Å². The Morgan fingerprint density at radius 1 is 1.09 bits per heavy atom. The summed E-state index contributed by atoms with van der Waals surface area (Å²) in [7, 11) is 0. The van der Waals surface area contributed by atoms with E-state index in [4.69, 9.17) is 9.47 Å². The third-order valence-electron chi connectivity index (χ3n) is 6.24. The Morgan fingerprint density at radius 3 is 2.44 bits per heavy atom. The van der Waals surface area contributed by atoms with Crippen molar-refractivity contribution in [1.82, 2.24) is 15.1 Å². The van der Waals surface area contributed by atoms with Gasteiger partial charge >= 0.3 is 6.09 Å². The Kier molecular flexibility index (Phi) is 7.44. The molecule has 0 bridgehead atoms. The van der Waals surface area contributed by atoms with Gasteiger partial charge in [-0.25, -0.2) is 9.18 Å². The van der Waals surface area contributed by atoms with E-state index in [1.165, 1.54) is 17.9 Å². The third kappa shape index (κ3) is 5.67. The molecule has 176 valence electrons. The van der Waals surface area contributed by atoms with Crippen LogP contribution in [0.3, 0.4) is 0 Å². The van der Waals surface area contributed by atoms with E-state index in [0.717, 1.165) is 65.6 Å². The van der Waals surface area contributed by atoms with E-state index in [-0.39, 0.29) is 24.8 Å². The average Bonchev–Trinajstić information content (AvgIpc) is 3.18. The highest BCUT2D eigenvalue weighted by atomic mass is 19.1. The van der Waals surface area contributed by atoms with E-state index in [1.54, 1.807) is 12.1 Å². The van der Waals surface area contributed by atoms with Crippen molar-refractivity contribution in [2.45, 2.75) is 13.0 Å². The highest BCUT2D eigenvalue weighted by molar-refractivity contribution is 5.90. The van der Waals surface area contributed by atoms with Gasteiger partial charge in [-0.2, -0.15) is 0 Å². The van der Waals surface area contributed by atoms with Crippen molar-refractivity contribution >= 4 is 23.4 Å². The number of halogens is 1. The van der Waals surface area contributed by atoms with Crippen molar-refractivity contribution in [3.05, 3.63) is 24.0 Å². The number of benzene rings is 1. The van der Waals surface area contributed by atoms with Crippen LogP contribution in [0.1, 0.15) is 6.92 Å². The number of cyclic esters (lactones) is 1. The lowest BCUT2D eigenvalue weighted by Gasteiger charge is -2.37. The Bertz CT molecular complexity index is 812. The first-order chi connectivity index (χ1) is 15.5. The second kappa shape index (κ2) is 10.5. The maximum absolute atomic E-state index is 14.9. The second-order valence-electron chi connectivity index (χ2n) is 8.47. The van der Waals surface area contributed by atoms with Crippen LogP contribution in [-0.2, 0) is 14.3 Å². The molecule has 2 amide bonds. The van der Waals surface area contributed by atoms with E-state index in [0.29, 0.717) is 11.4 Å². The molecule has 32 heavy (non-hydrogen) atoms. The van der Waals surface area contributed by atoms with Crippen LogP contribution >= 0.6 is 0 Å². The summed E-state index contributed by atoms with van der Waals surface area (Å²) in [4.78, 5) is 31.6. The minimum atomic E-state index is -0.526. The lowest BCUT2D eigenvalue weighted by Crippen LogP contribution is -2.49. The number of anilines is 2. The summed E-state index contributed by atoms with van der Waals surface area (Å²) < 4.78 is 25.6. The van der Waals surface area contributed by atoms with Gasteiger partial charge in [0, 0.05) is 59.3 Å². The van der Waals surface area contributed by atoms with Crippen LogP contribution in [0, 0.1) is 5.82 Å². The molecule has 1 atom stereocenters. The molecule has 0 aromatic heterocycles. The van der Waals surface area contributed by atoms with Gasteiger partial charge in [-0.1, -0.05) is 0 Å². The van der Waals surface area contributed by atoms with Crippen LogP contribution in [0.4, 0.5) is 20.6 Å². The molecule has 0 aliphatic carbocycles. The lowest BCUT2D eigenvalue weighted by molar-refractivity contribution is -0.119. The summed E-state index contributed by atoms with van der Waals surface area (Å²) in [5.41, 5.74) is 1.02. The molecular formula is C22H32FN5O4. The zero-order valence-corrected chi connectivity index (χ0v) is 18.6. The fourth-order valence-corrected chi connectivity index (χ4v) is 4.34. The van der Waals surface area contributed by atoms with Gasteiger partial charge in [-0.15, -0.1) is 0 Å². The Hall–Kier alpha value is -2.43. The normalized spacial score (nSPS) is 22.8. The van der Waals surface area contributed by atoms with Crippen molar-refractivity contribution in [3.8, 4) is 0 Å². The topological polar surface area (TPSA) is 77.6 Å². The number of carbonyl (C=O) groups is 2. The monoisotopic (exact) mass is 449 g/mol. The fraction of sp³-hybridized carbons (Fsp3) is 0.636. The molecule has 1 N–H and O–H groups in total. The number of ether oxygens (including phenoxy) is 2. The summed E-state index contributed by atoms with van der Waals surface area (Å²) in [6.07, 6.45) is -0.971. The standard InChI is InChI=1S/C22H32FN5O4/c1-17(29)24-15-19-16-28(22(30)32-19)18-2-3-21(20(23)14-18)27-8-6-25(7-9-27)4-5-26-10-12-31-13-11-26/h2-3,14,19H,4-13,15-16H2,1H3,(H,24,29). The van der Waals surface area contributed by atoms with Gasteiger partial charge in [0.1, 0.15) is 11.9 Å². The number of hydrogen-bond donors (Lipinski definition) is 1. The van der Waals surface area contributed by atoms with Crippen LogP contribution < -0.4 is 15.1 Å². The molecule has 4 rings (SSSR count). The number of amides is 2. The average molecular weight is 450 g/mol. The predicted molar refractivity (Wildman–Crippen MR) is 119 cm³/mol. The molecule has 3 saturated heterocycles. The van der Waals surface area contributed by atoms with Crippen molar-refractivity contribution < 1.29 is 23.5 Å². The molecule has 1 aromatic carbocycles. The van der Waals surface area contributed by atoms with Gasteiger partial charge in [0.15, 0.2) is 0 Å². The quantitative estimate of drug-likeness (QED) is 0.658. The molecular weight excluding hydrogens is 417 g/mol. The predicted octanol–water partition coefficient (Wildman–Crippen LogP) is 0.741. The minimum absolute atomic E-state index is 0.184. The van der Waals surface area contributed by atoms with E-state index in [2.05, 4.69) is 20.0 Å². The first kappa shape index (κ1) is 22.8. The SMILES string of the molecule is CC(=O)NCC1CN(c2ccc(N3CCN(CCN4CCOCC4)CC3)c(F)c2)C(=O)O1. The molecule has 3 aliphatic heterocycles. The molecule has 0 radical (unpaired) electrons. The maximum atomic E-state index is 14.9. The molecule has 3 aliphatic rings. The van der Waals surface area contributed by atoms with Gasteiger partial charge in [-0.3, -0.25) is 19.5 Å². The first-order valence-electron chi connectivity index (χ1n) is 11.3. The summed E-state index contributed by atoms with van der Waals surface area (Å²) in [5.74, 6) is -0.529. The number of piperazine rings is 1. The molecule has 10 heteroatoms. The number of nitrogens with one attached hydrogen (secondary N) is 1. The zero-order valence-electron chi connectivity index (χ0n) is 18.6. The summed E-state index contributed by atoms with van der Waals surface area (Å²) in [6, 6.07) is 4.88. The fourth-order valence-electron chi connectivity index (χ4n) is 4.34. The van der Waals surface area contributed by atoms with Crippen molar-refractivity contribution in [2.75, 3.05) is 88.5 Å². The Balaban J connectivity index is 1.28. The van der Waals surface area contributed by atoms with Gasteiger partial charge in [-0.05, 0) is 18.2 Å². The molecule has 0 spiro atoms. The number of rotatable bonds is 7. The van der Waals surface area contributed by atoms with Gasteiger partial charge in [0.05, 0.1) is 37.7 Å². The maximum Gasteiger partial charge on any atom is 0.414 e. The number of carbonyl (C=O) groups excluding carboxylic acids is 2. The Labute approximate surface area is 188 Å². The van der Waals surface area contributed by atoms with Crippen molar-refractivity contribution in [2.24, 2.45) is 0 Å². The highest BCUT2D eigenvalue weighted by Gasteiger charge is 2.33. The molecule has 3 heterocycles. The highest BCUT2D eigenvalue weighted by Crippen LogP contribution is 2.28. The molecule has 1 unspecified atom stereocenters. The van der Waals surface area contributed by atoms with Gasteiger partial charge in [0.25, 0.3) is 0 Å². The molecule has 1 aromatic rings. The van der Waals surface area contributed by atoms with E-state index < -0.39 is 12.2 Å². The van der Waals surface area contributed by atoms with Crippen LogP contribution in [0.15, 0.2) is 18.2 Å². The minimum Gasteiger partial charge on any atom is -0.442 e. The summed E-state index contributed by atoms with van der Waals surface area (Å²) in [6.45, 7) is 10.9. The smallest absolute Gasteiger partial charge is 0.414 e. The van der Waals surface area contributed by atoms with E-state index >= 15 is 0 Å². The first-order valence-corrected chi connectivity index (χ1v) is 11.3. The van der Waals surface area contributed by atoms with Crippen LogP contribution in [0.25, 0.3) is 0 Å². The van der Waals surface area contributed by atoms with Crippen molar-refractivity contribution in [3.63, 3.8) is 0 Å². The zero-order chi connectivity index (χ0) is 22.5. The third-order valence-corrected chi connectivity index (χ3v) is 6.24. The molecule has 9 nitrogen and oxygen atoms in total. The summed E-state index contributed by atoms with van der Waals surface area (Å²) in [5, 5.41) is 2.64. The number of nitrogens with zero attached hydrogens (tertiary/aromatic N) is 4. The number of morpholine rings is 1.